The van der Waals surface area contributed by atoms with E-state index in [1.54, 1.807) is 4.90 Å². The molecular formula is C23H25N3O4. The summed E-state index contributed by atoms with van der Waals surface area (Å²) in [4.78, 5) is 40.7. The maximum absolute atomic E-state index is 12.8. The highest BCUT2D eigenvalue weighted by atomic mass is 16.5. The van der Waals surface area contributed by atoms with Crippen molar-refractivity contribution in [1.29, 1.82) is 0 Å². The van der Waals surface area contributed by atoms with Crippen LogP contribution in [0.25, 0.3) is 0 Å². The fraction of sp³-hybridized carbons (Fsp3) is 0.348. The molecule has 2 unspecified atom stereocenters. The zero-order valence-electron chi connectivity index (χ0n) is 16.7. The maximum atomic E-state index is 12.8. The number of nitrogens with zero attached hydrogens (tertiary/aromatic N) is 2. The molecule has 2 aliphatic rings. The van der Waals surface area contributed by atoms with Crippen molar-refractivity contribution in [3.63, 3.8) is 0 Å². The van der Waals surface area contributed by atoms with E-state index in [1.165, 1.54) is 4.90 Å². The van der Waals surface area contributed by atoms with Gasteiger partial charge in [-0.2, -0.15) is 0 Å². The van der Waals surface area contributed by atoms with Crippen LogP contribution in [0.5, 0.6) is 0 Å². The van der Waals surface area contributed by atoms with Crippen molar-refractivity contribution in [1.82, 2.24) is 15.1 Å². The van der Waals surface area contributed by atoms with Crippen LogP contribution in [-0.4, -0.2) is 59.9 Å². The summed E-state index contributed by atoms with van der Waals surface area (Å²) in [6.07, 6.45) is 0.372. The van der Waals surface area contributed by atoms with Crippen molar-refractivity contribution in [2.75, 3.05) is 26.2 Å². The van der Waals surface area contributed by atoms with Crippen LogP contribution < -0.4 is 5.32 Å². The quantitative estimate of drug-likeness (QED) is 0.744. The first-order valence-corrected chi connectivity index (χ1v) is 10.2. The first kappa shape index (κ1) is 20.1. The van der Waals surface area contributed by atoms with Gasteiger partial charge in [0.1, 0.15) is 12.1 Å². The lowest BCUT2D eigenvalue weighted by Crippen LogP contribution is -2.45. The Morgan fingerprint density at radius 3 is 2.47 bits per heavy atom. The van der Waals surface area contributed by atoms with Gasteiger partial charge in [0.05, 0.1) is 19.6 Å². The number of amides is 4. The normalized spacial score (nSPS) is 21.6. The second kappa shape index (κ2) is 9.09. The van der Waals surface area contributed by atoms with Crippen molar-refractivity contribution in [2.24, 2.45) is 0 Å². The second-order valence-corrected chi connectivity index (χ2v) is 7.54. The van der Waals surface area contributed by atoms with Crippen LogP contribution in [0.15, 0.2) is 60.7 Å². The minimum Gasteiger partial charge on any atom is -0.370 e. The Labute approximate surface area is 175 Å². The lowest BCUT2D eigenvalue weighted by molar-refractivity contribution is -0.141. The molecule has 2 atom stereocenters. The van der Waals surface area contributed by atoms with Crippen LogP contribution in [0, 0.1) is 0 Å². The summed E-state index contributed by atoms with van der Waals surface area (Å²) in [7, 11) is 0. The van der Waals surface area contributed by atoms with E-state index in [9.17, 15) is 14.4 Å². The van der Waals surface area contributed by atoms with Gasteiger partial charge >= 0.3 is 6.03 Å². The summed E-state index contributed by atoms with van der Waals surface area (Å²) >= 11 is 0. The summed E-state index contributed by atoms with van der Waals surface area (Å²) in [6, 6.07) is 18.2. The van der Waals surface area contributed by atoms with E-state index in [-0.39, 0.29) is 24.3 Å². The Bertz CT molecular complexity index is 903. The van der Waals surface area contributed by atoms with Gasteiger partial charge in [0.2, 0.25) is 5.91 Å². The molecule has 30 heavy (non-hydrogen) atoms. The molecule has 4 rings (SSSR count). The van der Waals surface area contributed by atoms with Crippen molar-refractivity contribution in [3.05, 3.63) is 71.8 Å². The topological polar surface area (TPSA) is 79.0 Å². The molecule has 0 spiro atoms. The molecule has 7 nitrogen and oxygen atoms in total. The highest BCUT2D eigenvalue weighted by molar-refractivity contribution is 6.05. The van der Waals surface area contributed by atoms with Gasteiger partial charge in [-0.1, -0.05) is 60.7 Å². The number of ether oxygens (including phenoxy) is 1. The number of imide groups is 1. The minimum atomic E-state index is -0.807. The molecule has 2 saturated heterocycles. The summed E-state index contributed by atoms with van der Waals surface area (Å²) in [5, 5.41) is 2.66. The van der Waals surface area contributed by atoms with Gasteiger partial charge in [-0.15, -0.1) is 0 Å². The summed E-state index contributed by atoms with van der Waals surface area (Å²) in [5.74, 6) is -0.486. The molecule has 7 heteroatoms. The zero-order valence-corrected chi connectivity index (χ0v) is 16.7. The number of benzene rings is 2. The number of hydrogen-bond acceptors (Lipinski definition) is 4. The van der Waals surface area contributed by atoms with E-state index in [1.807, 2.05) is 60.7 Å². The molecule has 156 valence electrons. The third-order valence-electron chi connectivity index (χ3n) is 5.54. The summed E-state index contributed by atoms with van der Waals surface area (Å²) in [5.41, 5.74) is 2.07. The number of carbonyl (C=O) groups is 3. The molecular weight excluding hydrogens is 382 g/mol. The lowest BCUT2D eigenvalue weighted by atomic mass is 10.1. The van der Waals surface area contributed by atoms with E-state index in [0.29, 0.717) is 32.7 Å². The third-order valence-corrected chi connectivity index (χ3v) is 5.54. The fourth-order valence-corrected chi connectivity index (χ4v) is 3.86. The average Bonchev–Trinajstić information content (AvgIpc) is 3.06. The largest absolute Gasteiger partial charge is 0.370 e. The number of hydrogen-bond donors (Lipinski definition) is 1. The highest BCUT2D eigenvalue weighted by Gasteiger charge is 2.40. The number of nitrogens with one attached hydrogen (secondary N) is 1. The van der Waals surface area contributed by atoms with Gasteiger partial charge in [0.25, 0.3) is 5.91 Å². The predicted octanol–water partition coefficient (Wildman–Crippen LogP) is 2.14. The minimum absolute atomic E-state index is 0.0338. The molecule has 0 radical (unpaired) electrons. The van der Waals surface area contributed by atoms with E-state index in [4.69, 9.17) is 4.74 Å². The van der Waals surface area contributed by atoms with Crippen molar-refractivity contribution >= 4 is 17.8 Å². The fourth-order valence-electron chi connectivity index (χ4n) is 3.86. The van der Waals surface area contributed by atoms with E-state index in [0.717, 1.165) is 11.1 Å². The average molecular weight is 407 g/mol. The second-order valence-electron chi connectivity index (χ2n) is 7.54. The Morgan fingerprint density at radius 1 is 1.03 bits per heavy atom. The Morgan fingerprint density at radius 2 is 1.73 bits per heavy atom. The third kappa shape index (κ3) is 4.52. The van der Waals surface area contributed by atoms with Crippen LogP contribution in [-0.2, 0) is 20.7 Å². The molecule has 2 heterocycles. The molecule has 2 fully saturated rings. The van der Waals surface area contributed by atoms with E-state index in [2.05, 4.69) is 5.32 Å². The number of morpholine rings is 1. The number of rotatable bonds is 6. The van der Waals surface area contributed by atoms with Gasteiger partial charge < -0.3 is 15.0 Å². The van der Waals surface area contributed by atoms with Crippen LogP contribution in [0.3, 0.4) is 0 Å². The zero-order chi connectivity index (χ0) is 20.9. The van der Waals surface area contributed by atoms with Gasteiger partial charge in [-0.05, 0) is 17.5 Å². The first-order valence-electron chi connectivity index (χ1n) is 10.2. The Hall–Kier alpha value is -3.19. The molecule has 2 aliphatic heterocycles. The molecule has 1 N–H and O–H groups in total. The van der Waals surface area contributed by atoms with Gasteiger partial charge in [0.15, 0.2) is 0 Å². The van der Waals surface area contributed by atoms with Crippen molar-refractivity contribution in [3.8, 4) is 0 Å². The molecule has 0 aromatic heterocycles. The van der Waals surface area contributed by atoms with E-state index < -0.39 is 12.1 Å². The first-order chi connectivity index (χ1) is 14.6. The predicted molar refractivity (Wildman–Crippen MR) is 111 cm³/mol. The molecule has 4 amide bonds. The maximum Gasteiger partial charge on any atom is 0.324 e. The molecule has 0 aliphatic carbocycles. The summed E-state index contributed by atoms with van der Waals surface area (Å²) in [6.45, 7) is 1.66. The van der Waals surface area contributed by atoms with Crippen LogP contribution in [0.2, 0.25) is 0 Å². The van der Waals surface area contributed by atoms with Gasteiger partial charge in [-0.3, -0.25) is 14.5 Å². The standard InChI is InChI=1S/C23H25N3O4/c27-21(25-13-14-30-20(16-25)18-9-5-2-6-10-18)15-19-22(28)26(23(29)24-19)12-11-17-7-3-1-4-8-17/h1-10,19-20H,11-16H2,(H,24,29). The lowest BCUT2D eigenvalue weighted by Gasteiger charge is -2.33. The van der Waals surface area contributed by atoms with Crippen molar-refractivity contribution in [2.45, 2.75) is 25.0 Å². The van der Waals surface area contributed by atoms with Crippen LogP contribution in [0.1, 0.15) is 23.7 Å². The smallest absolute Gasteiger partial charge is 0.324 e. The molecule has 0 saturated carbocycles. The monoisotopic (exact) mass is 407 g/mol. The number of carbonyl (C=O) groups excluding carboxylic acids is 3. The van der Waals surface area contributed by atoms with Gasteiger partial charge in [0, 0.05) is 13.1 Å². The number of urea groups is 1. The van der Waals surface area contributed by atoms with Crippen LogP contribution >= 0.6 is 0 Å². The van der Waals surface area contributed by atoms with Gasteiger partial charge in [-0.25, -0.2) is 4.79 Å². The Balaban J connectivity index is 1.33. The summed E-state index contributed by atoms with van der Waals surface area (Å²) < 4.78 is 5.80. The highest BCUT2D eigenvalue weighted by Crippen LogP contribution is 2.23. The molecule has 2 aromatic rings. The van der Waals surface area contributed by atoms with Crippen molar-refractivity contribution < 1.29 is 19.1 Å². The van der Waals surface area contributed by atoms with E-state index >= 15 is 0 Å². The SMILES string of the molecule is O=C(CC1NC(=O)N(CCc2ccccc2)C1=O)N1CCOC(c2ccccc2)C1. The molecule has 0 bridgehead atoms. The molecule has 2 aromatic carbocycles. The van der Waals surface area contributed by atoms with Crippen LogP contribution in [0.4, 0.5) is 4.79 Å². The Kier molecular flexibility index (Phi) is 6.09.